The quantitative estimate of drug-likeness (QED) is 0.773. The lowest BCUT2D eigenvalue weighted by atomic mass is 10.2. The molecule has 1 aliphatic rings. The molecule has 82 valence electrons. The van der Waals surface area contributed by atoms with Crippen molar-refractivity contribution in [1.82, 2.24) is 0 Å². The molecule has 2 unspecified atom stereocenters. The average Bonchev–Trinajstić information content (AvgIpc) is 2.63. The van der Waals surface area contributed by atoms with Gasteiger partial charge in [-0.15, -0.1) is 0 Å². The number of anilines is 1. The third kappa shape index (κ3) is 2.63. The van der Waals surface area contributed by atoms with E-state index in [0.29, 0.717) is 18.4 Å². The first-order chi connectivity index (χ1) is 7.25. The van der Waals surface area contributed by atoms with Crippen LogP contribution in [0.4, 0.5) is 5.69 Å². The highest BCUT2D eigenvalue weighted by atomic mass is 16.5. The van der Waals surface area contributed by atoms with E-state index < -0.39 is 0 Å². The number of ether oxygens (including phenoxy) is 2. The van der Waals surface area contributed by atoms with E-state index in [1.807, 2.05) is 24.3 Å². The van der Waals surface area contributed by atoms with Crippen LogP contribution in [-0.4, -0.2) is 18.8 Å². The molecule has 1 aromatic rings. The van der Waals surface area contributed by atoms with Crippen molar-refractivity contribution in [3.05, 3.63) is 24.3 Å². The molecule has 0 bridgehead atoms. The molecule has 0 radical (unpaired) electrons. The van der Waals surface area contributed by atoms with Crippen LogP contribution in [0.2, 0.25) is 0 Å². The highest BCUT2D eigenvalue weighted by Gasteiger charge is 2.22. The predicted molar refractivity (Wildman–Crippen MR) is 59.9 cm³/mol. The van der Waals surface area contributed by atoms with Crippen molar-refractivity contribution in [3.8, 4) is 5.75 Å². The zero-order chi connectivity index (χ0) is 10.7. The first-order valence-corrected chi connectivity index (χ1v) is 5.38. The van der Waals surface area contributed by atoms with Crippen LogP contribution in [0.3, 0.4) is 0 Å². The van der Waals surface area contributed by atoms with Crippen molar-refractivity contribution >= 4 is 5.69 Å². The topological polar surface area (TPSA) is 44.5 Å². The van der Waals surface area contributed by atoms with E-state index in [0.717, 1.165) is 18.6 Å². The Hall–Kier alpha value is -1.22. The van der Waals surface area contributed by atoms with Crippen molar-refractivity contribution in [2.24, 2.45) is 0 Å². The van der Waals surface area contributed by atoms with Gasteiger partial charge in [0.2, 0.25) is 0 Å². The maximum Gasteiger partial charge on any atom is 0.142 e. The number of nitrogen functional groups attached to an aromatic ring is 1. The van der Waals surface area contributed by atoms with Crippen molar-refractivity contribution in [2.45, 2.75) is 32.0 Å². The Labute approximate surface area is 90.2 Å². The lowest BCUT2D eigenvalue weighted by molar-refractivity contribution is 0.0266. The van der Waals surface area contributed by atoms with E-state index in [-0.39, 0.29) is 6.10 Å². The molecular weight excluding hydrogens is 190 g/mol. The Morgan fingerprint density at radius 3 is 2.87 bits per heavy atom. The fourth-order valence-electron chi connectivity index (χ4n) is 1.80. The predicted octanol–water partition coefficient (Wildman–Crippen LogP) is 2.22. The smallest absolute Gasteiger partial charge is 0.142 e. The molecule has 0 aromatic heterocycles. The van der Waals surface area contributed by atoms with Crippen molar-refractivity contribution < 1.29 is 9.47 Å². The summed E-state index contributed by atoms with van der Waals surface area (Å²) in [7, 11) is 0. The van der Waals surface area contributed by atoms with Crippen LogP contribution in [0.5, 0.6) is 5.75 Å². The average molecular weight is 207 g/mol. The van der Waals surface area contributed by atoms with Gasteiger partial charge >= 0.3 is 0 Å². The molecule has 15 heavy (non-hydrogen) atoms. The second-order valence-electron chi connectivity index (χ2n) is 3.99. The van der Waals surface area contributed by atoms with Crippen molar-refractivity contribution in [2.75, 3.05) is 12.3 Å². The van der Waals surface area contributed by atoms with E-state index in [2.05, 4.69) is 6.92 Å². The maximum atomic E-state index is 5.77. The van der Waals surface area contributed by atoms with Gasteiger partial charge in [-0.1, -0.05) is 12.1 Å². The molecular formula is C12H17NO2. The Morgan fingerprint density at radius 2 is 2.20 bits per heavy atom. The third-order valence-corrected chi connectivity index (χ3v) is 2.66. The number of para-hydroxylation sites is 2. The first-order valence-electron chi connectivity index (χ1n) is 5.38. The van der Waals surface area contributed by atoms with Crippen LogP contribution in [-0.2, 0) is 4.74 Å². The SMILES string of the molecule is CC1CCC(COc2ccccc2N)O1. The largest absolute Gasteiger partial charge is 0.489 e. The Kier molecular flexibility index (Phi) is 3.11. The minimum absolute atomic E-state index is 0.222. The van der Waals surface area contributed by atoms with Gasteiger partial charge in [0.05, 0.1) is 17.9 Å². The van der Waals surface area contributed by atoms with E-state index in [1.54, 1.807) is 0 Å². The van der Waals surface area contributed by atoms with E-state index >= 15 is 0 Å². The molecule has 1 saturated heterocycles. The minimum atomic E-state index is 0.222. The number of benzene rings is 1. The van der Waals surface area contributed by atoms with Crippen molar-refractivity contribution in [1.29, 1.82) is 0 Å². The molecule has 2 rings (SSSR count). The summed E-state index contributed by atoms with van der Waals surface area (Å²) in [6, 6.07) is 7.54. The van der Waals surface area contributed by atoms with Crippen LogP contribution in [0.15, 0.2) is 24.3 Å². The number of rotatable bonds is 3. The molecule has 1 aromatic carbocycles. The summed E-state index contributed by atoms with van der Waals surface area (Å²) >= 11 is 0. The molecule has 1 fully saturated rings. The van der Waals surface area contributed by atoms with Crippen LogP contribution >= 0.6 is 0 Å². The van der Waals surface area contributed by atoms with Gasteiger partial charge in [-0.3, -0.25) is 0 Å². The van der Waals surface area contributed by atoms with Gasteiger partial charge in [0.25, 0.3) is 0 Å². The van der Waals surface area contributed by atoms with E-state index in [4.69, 9.17) is 15.2 Å². The summed E-state index contributed by atoms with van der Waals surface area (Å²) in [6.07, 6.45) is 2.79. The van der Waals surface area contributed by atoms with E-state index in [1.165, 1.54) is 0 Å². The molecule has 1 heterocycles. The Morgan fingerprint density at radius 1 is 1.40 bits per heavy atom. The zero-order valence-electron chi connectivity index (χ0n) is 8.98. The molecule has 1 aliphatic heterocycles. The summed E-state index contributed by atoms with van der Waals surface area (Å²) in [5, 5.41) is 0. The molecule has 2 atom stereocenters. The van der Waals surface area contributed by atoms with Gasteiger partial charge in [-0.05, 0) is 31.9 Å². The Balaban J connectivity index is 1.86. The molecule has 0 amide bonds. The van der Waals surface area contributed by atoms with Gasteiger partial charge in [-0.2, -0.15) is 0 Å². The minimum Gasteiger partial charge on any atom is -0.489 e. The number of hydrogen-bond acceptors (Lipinski definition) is 3. The summed E-state index contributed by atoms with van der Waals surface area (Å²) in [5.41, 5.74) is 6.45. The molecule has 0 aliphatic carbocycles. The monoisotopic (exact) mass is 207 g/mol. The summed E-state index contributed by atoms with van der Waals surface area (Å²) in [6.45, 7) is 2.69. The Bertz CT molecular complexity index is 327. The highest BCUT2D eigenvalue weighted by molar-refractivity contribution is 5.51. The molecule has 0 saturated carbocycles. The van der Waals surface area contributed by atoms with Crippen LogP contribution in [0.1, 0.15) is 19.8 Å². The summed E-state index contributed by atoms with van der Waals surface area (Å²) < 4.78 is 11.3. The summed E-state index contributed by atoms with van der Waals surface area (Å²) in [4.78, 5) is 0. The molecule has 3 nitrogen and oxygen atoms in total. The lowest BCUT2D eigenvalue weighted by Crippen LogP contribution is -2.18. The lowest BCUT2D eigenvalue weighted by Gasteiger charge is -2.13. The number of nitrogens with two attached hydrogens (primary N) is 1. The second kappa shape index (κ2) is 4.53. The van der Waals surface area contributed by atoms with Gasteiger partial charge in [0.1, 0.15) is 12.4 Å². The van der Waals surface area contributed by atoms with Crippen molar-refractivity contribution in [3.63, 3.8) is 0 Å². The summed E-state index contributed by atoms with van der Waals surface area (Å²) in [5.74, 6) is 0.751. The standard InChI is InChI=1S/C12H17NO2/c1-9-6-7-10(15-9)8-14-12-5-3-2-4-11(12)13/h2-5,9-10H,6-8,13H2,1H3. The van der Waals surface area contributed by atoms with Crippen LogP contribution < -0.4 is 10.5 Å². The van der Waals surface area contributed by atoms with E-state index in [9.17, 15) is 0 Å². The van der Waals surface area contributed by atoms with Crippen LogP contribution in [0, 0.1) is 0 Å². The molecule has 3 heteroatoms. The molecule has 0 spiro atoms. The zero-order valence-corrected chi connectivity index (χ0v) is 8.98. The fraction of sp³-hybridized carbons (Fsp3) is 0.500. The third-order valence-electron chi connectivity index (χ3n) is 2.66. The normalized spacial score (nSPS) is 25.4. The molecule has 2 N–H and O–H groups in total. The van der Waals surface area contributed by atoms with Crippen LogP contribution in [0.25, 0.3) is 0 Å². The van der Waals surface area contributed by atoms with Gasteiger partial charge in [0, 0.05) is 0 Å². The fourth-order valence-corrected chi connectivity index (χ4v) is 1.80. The maximum absolute atomic E-state index is 5.77. The van der Waals surface area contributed by atoms with Gasteiger partial charge in [0.15, 0.2) is 0 Å². The number of hydrogen-bond donors (Lipinski definition) is 1. The van der Waals surface area contributed by atoms with Gasteiger partial charge < -0.3 is 15.2 Å². The first kappa shape index (κ1) is 10.3. The second-order valence-corrected chi connectivity index (χ2v) is 3.99. The van der Waals surface area contributed by atoms with Gasteiger partial charge in [-0.25, -0.2) is 0 Å². The highest BCUT2D eigenvalue weighted by Crippen LogP contribution is 2.23.